The Bertz CT molecular complexity index is 741. The summed E-state index contributed by atoms with van der Waals surface area (Å²) >= 11 is 0. The number of nitrogens with one attached hydrogen (secondary N) is 3. The van der Waals surface area contributed by atoms with Crippen LogP contribution in [0, 0.1) is 6.92 Å². The molecule has 0 saturated heterocycles. The Hall–Kier alpha value is -2.70. The second-order valence-corrected chi connectivity index (χ2v) is 6.25. The maximum absolute atomic E-state index is 5.42. The zero-order chi connectivity index (χ0) is 18.2. The highest BCUT2D eigenvalue weighted by molar-refractivity contribution is 5.79. The van der Waals surface area contributed by atoms with Crippen molar-refractivity contribution in [1.82, 2.24) is 20.8 Å². The molecule has 1 aromatic carbocycles. The van der Waals surface area contributed by atoms with Crippen molar-refractivity contribution in [2.45, 2.75) is 33.1 Å². The van der Waals surface area contributed by atoms with Crippen molar-refractivity contribution in [3.63, 3.8) is 0 Å². The molecule has 140 valence electrons. The highest BCUT2D eigenvalue weighted by Gasteiger charge is 2.12. The maximum Gasteiger partial charge on any atom is 0.231 e. The number of hydrogen-bond acceptors (Lipinski definition) is 4. The number of aryl methyl sites for hydroxylation is 2. The van der Waals surface area contributed by atoms with Gasteiger partial charge in [0.2, 0.25) is 6.79 Å². The Balaban J connectivity index is 1.43. The van der Waals surface area contributed by atoms with Crippen LogP contribution in [0.2, 0.25) is 0 Å². The molecule has 0 spiro atoms. The number of rotatable bonds is 8. The number of aromatic nitrogens is 2. The summed E-state index contributed by atoms with van der Waals surface area (Å²) < 4.78 is 10.8. The summed E-state index contributed by atoms with van der Waals surface area (Å²) in [6, 6.07) is 6.09. The third kappa shape index (κ3) is 4.91. The van der Waals surface area contributed by atoms with Gasteiger partial charge in [0.25, 0.3) is 0 Å². The van der Waals surface area contributed by atoms with Crippen LogP contribution in [0.25, 0.3) is 0 Å². The number of H-pyrrole nitrogens is 1. The molecule has 1 aromatic heterocycles. The van der Waals surface area contributed by atoms with E-state index in [1.54, 1.807) is 0 Å². The molecule has 0 atom stereocenters. The van der Waals surface area contributed by atoms with E-state index in [1.165, 1.54) is 11.1 Å². The number of benzene rings is 1. The van der Waals surface area contributed by atoms with E-state index in [0.717, 1.165) is 62.0 Å². The first kappa shape index (κ1) is 18.1. The summed E-state index contributed by atoms with van der Waals surface area (Å²) in [6.45, 7) is 6.87. The summed E-state index contributed by atoms with van der Waals surface area (Å²) in [6.07, 6.45) is 4.78. The predicted molar refractivity (Wildman–Crippen MR) is 102 cm³/mol. The van der Waals surface area contributed by atoms with Crippen LogP contribution in [0.4, 0.5) is 0 Å². The highest BCUT2D eigenvalue weighted by Crippen LogP contribution is 2.32. The Morgan fingerprint density at radius 1 is 1.23 bits per heavy atom. The van der Waals surface area contributed by atoms with E-state index < -0.39 is 0 Å². The number of nitrogens with zero attached hydrogens (tertiary/aromatic N) is 2. The minimum absolute atomic E-state index is 0.312. The Kier molecular flexibility index (Phi) is 6.35. The summed E-state index contributed by atoms with van der Waals surface area (Å²) in [5.41, 5.74) is 3.62. The maximum atomic E-state index is 5.42. The van der Waals surface area contributed by atoms with Crippen LogP contribution >= 0.6 is 0 Å². The van der Waals surface area contributed by atoms with Crippen molar-refractivity contribution < 1.29 is 9.47 Å². The zero-order valence-corrected chi connectivity index (χ0v) is 15.5. The monoisotopic (exact) mass is 357 g/mol. The quantitative estimate of drug-likeness (QED) is 0.383. The fourth-order valence-electron chi connectivity index (χ4n) is 2.85. The molecule has 1 aliphatic rings. The van der Waals surface area contributed by atoms with E-state index in [0.29, 0.717) is 6.79 Å². The van der Waals surface area contributed by atoms with Crippen LogP contribution in [-0.4, -0.2) is 42.6 Å². The van der Waals surface area contributed by atoms with Crippen molar-refractivity contribution in [2.75, 3.05) is 26.4 Å². The third-order valence-corrected chi connectivity index (χ3v) is 4.30. The largest absolute Gasteiger partial charge is 0.454 e. The average Bonchev–Trinajstić information content (AvgIpc) is 3.27. The molecule has 0 saturated carbocycles. The van der Waals surface area contributed by atoms with Crippen molar-refractivity contribution in [2.24, 2.45) is 4.99 Å². The van der Waals surface area contributed by atoms with Gasteiger partial charge >= 0.3 is 0 Å². The molecule has 7 heteroatoms. The van der Waals surface area contributed by atoms with Gasteiger partial charge in [0, 0.05) is 25.3 Å². The topological polar surface area (TPSA) is 83.6 Å². The molecule has 0 unspecified atom stereocenters. The first-order valence-corrected chi connectivity index (χ1v) is 9.16. The smallest absolute Gasteiger partial charge is 0.231 e. The van der Waals surface area contributed by atoms with Gasteiger partial charge in [-0.1, -0.05) is 6.07 Å². The summed E-state index contributed by atoms with van der Waals surface area (Å²) in [7, 11) is 0. The SMILES string of the molecule is CCNC(=NCCCc1cn[nH]c1C)NCCc1ccc2c(c1)OCO2. The second kappa shape index (κ2) is 9.12. The molecule has 0 radical (unpaired) electrons. The van der Waals surface area contributed by atoms with Crippen LogP contribution in [0.5, 0.6) is 11.5 Å². The fourth-order valence-corrected chi connectivity index (χ4v) is 2.85. The van der Waals surface area contributed by atoms with Crippen LogP contribution in [-0.2, 0) is 12.8 Å². The minimum atomic E-state index is 0.312. The van der Waals surface area contributed by atoms with Crippen molar-refractivity contribution in [3.8, 4) is 11.5 Å². The standard InChI is InChI=1S/C19H27N5O2/c1-3-20-19(21-9-4-5-16-12-23-24-14(16)2)22-10-8-15-6-7-17-18(11-15)26-13-25-17/h6-7,11-12H,3-5,8-10,13H2,1-2H3,(H,23,24)(H2,20,21,22). The molecular weight excluding hydrogens is 330 g/mol. The lowest BCUT2D eigenvalue weighted by molar-refractivity contribution is 0.174. The van der Waals surface area contributed by atoms with Crippen LogP contribution in [0.1, 0.15) is 30.2 Å². The number of ether oxygens (including phenoxy) is 2. The first-order chi connectivity index (χ1) is 12.8. The predicted octanol–water partition coefficient (Wildman–Crippen LogP) is 2.18. The lowest BCUT2D eigenvalue weighted by atomic mass is 10.1. The second-order valence-electron chi connectivity index (χ2n) is 6.25. The number of aliphatic imine (C=N–C) groups is 1. The lowest BCUT2D eigenvalue weighted by Gasteiger charge is -2.11. The van der Waals surface area contributed by atoms with Crippen molar-refractivity contribution in [1.29, 1.82) is 0 Å². The molecule has 2 heterocycles. The zero-order valence-electron chi connectivity index (χ0n) is 15.5. The highest BCUT2D eigenvalue weighted by atomic mass is 16.7. The Morgan fingerprint density at radius 3 is 2.92 bits per heavy atom. The van der Waals surface area contributed by atoms with Crippen molar-refractivity contribution in [3.05, 3.63) is 41.2 Å². The van der Waals surface area contributed by atoms with Gasteiger partial charge in [-0.2, -0.15) is 5.10 Å². The van der Waals surface area contributed by atoms with E-state index >= 15 is 0 Å². The number of guanidine groups is 1. The van der Waals surface area contributed by atoms with E-state index in [1.807, 2.05) is 25.3 Å². The first-order valence-electron chi connectivity index (χ1n) is 9.16. The van der Waals surface area contributed by atoms with Gasteiger partial charge in [0.15, 0.2) is 17.5 Å². The van der Waals surface area contributed by atoms with E-state index in [2.05, 4.69) is 38.8 Å². The molecule has 0 aliphatic carbocycles. The fraction of sp³-hybridized carbons (Fsp3) is 0.474. The molecule has 0 bridgehead atoms. The lowest BCUT2D eigenvalue weighted by Crippen LogP contribution is -2.38. The normalized spacial score (nSPS) is 13.1. The minimum Gasteiger partial charge on any atom is -0.454 e. The number of aromatic amines is 1. The molecule has 3 N–H and O–H groups in total. The van der Waals surface area contributed by atoms with Crippen LogP contribution < -0.4 is 20.1 Å². The van der Waals surface area contributed by atoms with Crippen LogP contribution in [0.3, 0.4) is 0 Å². The van der Waals surface area contributed by atoms with Gasteiger partial charge in [-0.3, -0.25) is 10.1 Å². The van der Waals surface area contributed by atoms with E-state index in [-0.39, 0.29) is 0 Å². The van der Waals surface area contributed by atoms with Gasteiger partial charge in [0.05, 0.1) is 6.20 Å². The molecule has 26 heavy (non-hydrogen) atoms. The average molecular weight is 357 g/mol. The molecular formula is C19H27N5O2. The Morgan fingerprint density at radius 2 is 2.12 bits per heavy atom. The van der Waals surface area contributed by atoms with Gasteiger partial charge < -0.3 is 20.1 Å². The molecule has 3 rings (SSSR count). The molecule has 0 amide bonds. The van der Waals surface area contributed by atoms with Crippen LogP contribution in [0.15, 0.2) is 29.4 Å². The van der Waals surface area contributed by atoms with E-state index in [9.17, 15) is 0 Å². The summed E-state index contributed by atoms with van der Waals surface area (Å²) in [5.74, 6) is 2.51. The van der Waals surface area contributed by atoms with Gasteiger partial charge in [-0.05, 0) is 56.4 Å². The van der Waals surface area contributed by atoms with Crippen molar-refractivity contribution >= 4 is 5.96 Å². The summed E-state index contributed by atoms with van der Waals surface area (Å²) in [5, 5.41) is 13.7. The van der Waals surface area contributed by atoms with Gasteiger partial charge in [-0.15, -0.1) is 0 Å². The molecule has 7 nitrogen and oxygen atoms in total. The number of hydrogen-bond donors (Lipinski definition) is 3. The molecule has 2 aromatic rings. The molecule has 0 fully saturated rings. The summed E-state index contributed by atoms with van der Waals surface area (Å²) in [4.78, 5) is 4.65. The third-order valence-electron chi connectivity index (χ3n) is 4.30. The van der Waals surface area contributed by atoms with E-state index in [4.69, 9.17) is 9.47 Å². The molecule has 1 aliphatic heterocycles. The van der Waals surface area contributed by atoms with Gasteiger partial charge in [-0.25, -0.2) is 0 Å². The van der Waals surface area contributed by atoms with Gasteiger partial charge in [0.1, 0.15) is 0 Å². The Labute approximate surface area is 154 Å². The number of fused-ring (bicyclic) bond motifs is 1.